The highest BCUT2D eigenvalue weighted by Crippen LogP contribution is 2.40. The predicted molar refractivity (Wildman–Crippen MR) is 157 cm³/mol. The lowest BCUT2D eigenvalue weighted by atomic mass is 9.96. The molecule has 2 aliphatic rings. The fourth-order valence-corrected chi connectivity index (χ4v) is 5.74. The van der Waals surface area contributed by atoms with Gasteiger partial charge in [-0.3, -0.25) is 14.5 Å². The Kier molecular flexibility index (Phi) is 9.05. The molecule has 2 aliphatic heterocycles. The number of carbonyl (C=O) groups excluding carboxylic acids is 2. The van der Waals surface area contributed by atoms with E-state index in [1.807, 2.05) is 60.8 Å². The summed E-state index contributed by atoms with van der Waals surface area (Å²) in [6.45, 7) is 10.8. The molecule has 0 bridgehead atoms. The van der Waals surface area contributed by atoms with Gasteiger partial charge in [-0.25, -0.2) is 4.98 Å². The van der Waals surface area contributed by atoms with Gasteiger partial charge in [-0.05, 0) is 56.0 Å². The highest BCUT2D eigenvalue weighted by molar-refractivity contribution is 6.46. The van der Waals surface area contributed by atoms with Gasteiger partial charge in [0.25, 0.3) is 11.7 Å². The smallest absolute Gasteiger partial charge is 0.295 e. The summed E-state index contributed by atoms with van der Waals surface area (Å²) in [6, 6.07) is 10.6. The minimum Gasteiger partial charge on any atom is -0.505 e. The summed E-state index contributed by atoms with van der Waals surface area (Å²) >= 11 is 0. The average Bonchev–Trinajstić information content (AvgIpc) is 3.46. The molecular weight excluding hydrogens is 520 g/mol. The minimum absolute atomic E-state index is 0.0636. The third-order valence-corrected chi connectivity index (χ3v) is 8.02. The molecule has 9 heteroatoms. The topological polar surface area (TPSA) is 96.6 Å². The number of aryl methyl sites for hydroxylation is 2. The van der Waals surface area contributed by atoms with Gasteiger partial charge >= 0.3 is 0 Å². The first-order valence-corrected chi connectivity index (χ1v) is 14.7. The van der Waals surface area contributed by atoms with Crippen molar-refractivity contribution in [3.8, 4) is 5.75 Å². The molecule has 1 aromatic carbocycles. The summed E-state index contributed by atoms with van der Waals surface area (Å²) in [5.74, 6) is -0.873. The lowest BCUT2D eigenvalue weighted by molar-refractivity contribution is -0.140. The van der Waals surface area contributed by atoms with Crippen LogP contribution in [-0.4, -0.2) is 82.0 Å². The number of aliphatic hydroxyl groups excluding tert-OH is 1. The van der Waals surface area contributed by atoms with Gasteiger partial charge in [0.1, 0.15) is 17.1 Å². The van der Waals surface area contributed by atoms with Gasteiger partial charge in [-0.15, -0.1) is 0 Å². The van der Waals surface area contributed by atoms with Crippen LogP contribution >= 0.6 is 0 Å². The molecule has 2 aromatic heterocycles. The Bertz CT molecular complexity index is 1440. The number of aliphatic hydroxyl groups is 1. The Labute approximate surface area is 241 Å². The molecule has 9 nitrogen and oxygen atoms in total. The van der Waals surface area contributed by atoms with Gasteiger partial charge in [0.2, 0.25) is 0 Å². The Hall–Kier alpha value is -3.69. The van der Waals surface area contributed by atoms with E-state index in [9.17, 15) is 14.7 Å². The van der Waals surface area contributed by atoms with Crippen molar-refractivity contribution in [2.75, 3.05) is 46.0 Å². The fraction of sp³-hybridized carbons (Fsp3) is 0.469. The number of ether oxygens (including phenoxy) is 2. The van der Waals surface area contributed by atoms with Gasteiger partial charge in [0.05, 0.1) is 37.1 Å². The highest BCUT2D eigenvalue weighted by Gasteiger charge is 2.46. The number of pyridine rings is 1. The van der Waals surface area contributed by atoms with Crippen LogP contribution in [0.25, 0.3) is 11.4 Å². The lowest BCUT2D eigenvalue weighted by Crippen LogP contribution is -2.38. The number of fused-ring (bicyclic) bond motifs is 1. The van der Waals surface area contributed by atoms with Crippen LogP contribution < -0.4 is 4.74 Å². The van der Waals surface area contributed by atoms with E-state index < -0.39 is 17.7 Å². The van der Waals surface area contributed by atoms with Crippen LogP contribution in [0.3, 0.4) is 0 Å². The Morgan fingerprint density at radius 2 is 1.88 bits per heavy atom. The number of nitrogens with zero attached hydrogens (tertiary/aromatic N) is 4. The van der Waals surface area contributed by atoms with E-state index in [4.69, 9.17) is 14.5 Å². The van der Waals surface area contributed by atoms with E-state index in [1.54, 1.807) is 4.90 Å². The molecule has 218 valence electrons. The van der Waals surface area contributed by atoms with Crippen LogP contribution in [0.5, 0.6) is 5.75 Å². The normalized spacial score (nSPS) is 19.4. The van der Waals surface area contributed by atoms with Crippen molar-refractivity contribution >= 4 is 23.1 Å². The molecule has 0 saturated carbocycles. The Balaban J connectivity index is 1.52. The molecule has 1 amide bonds. The molecule has 0 spiro atoms. The summed E-state index contributed by atoms with van der Waals surface area (Å²) in [6.07, 6.45) is 5.71. The minimum atomic E-state index is -0.746. The monoisotopic (exact) mass is 560 g/mol. The SMILES string of the molecule is CCCCCOc1cccc(C2C(=C(O)c3nc4c(C)cccn4c3C)C(=O)C(=O)N2CCCN2CCOCC2)c1. The lowest BCUT2D eigenvalue weighted by Gasteiger charge is -2.29. The standard InChI is InChI=1S/C32H40N4O5/c1-4-5-6-18-41-25-12-7-11-24(21-25)28-26(29(37)27-23(3)35-14-8-10-22(2)31(35)33-27)30(38)32(39)36(28)15-9-13-34-16-19-40-20-17-34/h7-8,10-12,14,21,28,37H,4-6,9,13,15-20H2,1-3H3. The molecule has 3 aromatic rings. The zero-order chi connectivity index (χ0) is 28.9. The van der Waals surface area contributed by atoms with E-state index in [0.29, 0.717) is 55.6 Å². The van der Waals surface area contributed by atoms with Crippen molar-refractivity contribution in [3.63, 3.8) is 0 Å². The van der Waals surface area contributed by atoms with Gasteiger partial charge in [0, 0.05) is 32.4 Å². The first-order valence-electron chi connectivity index (χ1n) is 14.7. The highest BCUT2D eigenvalue weighted by atomic mass is 16.5. The second-order valence-electron chi connectivity index (χ2n) is 10.9. The second kappa shape index (κ2) is 12.9. The summed E-state index contributed by atoms with van der Waals surface area (Å²) in [5, 5.41) is 11.7. The molecule has 2 saturated heterocycles. The largest absolute Gasteiger partial charge is 0.505 e. The Morgan fingerprint density at radius 1 is 1.07 bits per heavy atom. The number of hydrogen-bond acceptors (Lipinski definition) is 7. The first kappa shape index (κ1) is 28.8. The maximum absolute atomic E-state index is 13.6. The molecule has 41 heavy (non-hydrogen) atoms. The van der Waals surface area contributed by atoms with Gasteiger partial charge in [-0.1, -0.05) is 38.0 Å². The Morgan fingerprint density at radius 3 is 2.63 bits per heavy atom. The van der Waals surface area contributed by atoms with Crippen LogP contribution in [0.4, 0.5) is 0 Å². The summed E-state index contributed by atoms with van der Waals surface area (Å²) in [4.78, 5) is 35.7. The number of ketones is 1. The van der Waals surface area contributed by atoms with Crippen LogP contribution in [0, 0.1) is 13.8 Å². The molecule has 0 aliphatic carbocycles. The second-order valence-corrected chi connectivity index (χ2v) is 10.9. The molecule has 5 rings (SSSR count). The summed E-state index contributed by atoms with van der Waals surface area (Å²) in [7, 11) is 0. The van der Waals surface area contributed by atoms with Gasteiger partial charge in [-0.2, -0.15) is 0 Å². The van der Waals surface area contributed by atoms with Crippen LogP contribution in [-0.2, 0) is 14.3 Å². The molecular formula is C32H40N4O5. The predicted octanol–water partition coefficient (Wildman–Crippen LogP) is 4.66. The van der Waals surface area contributed by atoms with Crippen molar-refractivity contribution in [1.82, 2.24) is 19.2 Å². The third-order valence-electron chi connectivity index (χ3n) is 8.02. The molecule has 4 heterocycles. The molecule has 1 unspecified atom stereocenters. The van der Waals surface area contributed by atoms with Crippen molar-refractivity contribution in [2.45, 2.75) is 52.5 Å². The number of imidazole rings is 1. The van der Waals surface area contributed by atoms with Crippen molar-refractivity contribution < 1.29 is 24.2 Å². The molecule has 2 fully saturated rings. The number of amides is 1. The number of morpholine rings is 1. The van der Waals surface area contributed by atoms with E-state index in [0.717, 1.165) is 50.0 Å². The number of hydrogen-bond donors (Lipinski definition) is 1. The molecule has 1 N–H and O–H groups in total. The number of benzene rings is 1. The number of aromatic nitrogens is 2. The number of carbonyl (C=O) groups is 2. The average molecular weight is 561 g/mol. The van der Waals surface area contributed by atoms with E-state index in [2.05, 4.69) is 11.8 Å². The number of likely N-dealkylation sites (tertiary alicyclic amines) is 1. The summed E-state index contributed by atoms with van der Waals surface area (Å²) < 4.78 is 13.4. The van der Waals surface area contributed by atoms with E-state index >= 15 is 0 Å². The fourth-order valence-electron chi connectivity index (χ4n) is 5.74. The zero-order valence-electron chi connectivity index (χ0n) is 24.3. The van der Waals surface area contributed by atoms with Crippen LogP contribution in [0.2, 0.25) is 0 Å². The maximum Gasteiger partial charge on any atom is 0.295 e. The first-order chi connectivity index (χ1) is 19.9. The quantitative estimate of drug-likeness (QED) is 0.158. The van der Waals surface area contributed by atoms with Crippen LogP contribution in [0.15, 0.2) is 48.2 Å². The van der Waals surface area contributed by atoms with Gasteiger partial charge < -0.3 is 23.9 Å². The van der Waals surface area contributed by atoms with Gasteiger partial charge in [0.15, 0.2) is 5.76 Å². The zero-order valence-corrected chi connectivity index (χ0v) is 24.3. The van der Waals surface area contributed by atoms with Crippen molar-refractivity contribution in [1.29, 1.82) is 0 Å². The molecule has 0 radical (unpaired) electrons. The molecule has 1 atom stereocenters. The number of unbranched alkanes of at least 4 members (excludes halogenated alkanes) is 2. The van der Waals surface area contributed by atoms with E-state index in [-0.39, 0.29) is 11.3 Å². The maximum atomic E-state index is 13.6. The van der Waals surface area contributed by atoms with Crippen molar-refractivity contribution in [2.24, 2.45) is 0 Å². The number of rotatable bonds is 11. The van der Waals surface area contributed by atoms with E-state index in [1.165, 1.54) is 0 Å². The summed E-state index contributed by atoms with van der Waals surface area (Å²) in [5.41, 5.74) is 3.44. The number of Topliss-reactive ketones (excluding diaryl/α,β-unsaturated/α-hetero) is 1. The van der Waals surface area contributed by atoms with Crippen LogP contribution in [0.1, 0.15) is 61.2 Å². The third kappa shape index (κ3) is 6.01. The van der Waals surface area contributed by atoms with Crippen molar-refractivity contribution in [3.05, 3.63) is 70.7 Å².